The van der Waals surface area contributed by atoms with Crippen molar-refractivity contribution in [1.29, 1.82) is 5.26 Å². The quantitative estimate of drug-likeness (QED) is 0.436. The number of alkyl halides is 1. The molecule has 26 heavy (non-hydrogen) atoms. The molecule has 5 heteroatoms. The van der Waals surface area contributed by atoms with Crippen LogP contribution in [0.5, 0.6) is 0 Å². The first-order chi connectivity index (χ1) is 12.7. The molecule has 0 saturated heterocycles. The smallest absolute Gasteiger partial charge is 0.150 e. The van der Waals surface area contributed by atoms with E-state index in [1.807, 2.05) is 23.4 Å². The minimum atomic E-state index is 0.182. The van der Waals surface area contributed by atoms with Gasteiger partial charge in [-0.3, -0.25) is 0 Å². The molecule has 0 saturated carbocycles. The lowest BCUT2D eigenvalue weighted by Gasteiger charge is -2.24. The molecule has 0 amide bonds. The van der Waals surface area contributed by atoms with Crippen LogP contribution in [0.2, 0.25) is 0 Å². The Bertz CT molecular complexity index is 983. The van der Waals surface area contributed by atoms with Gasteiger partial charge >= 0.3 is 0 Å². The lowest BCUT2D eigenvalue weighted by molar-refractivity contribution is 0.653. The van der Waals surface area contributed by atoms with Gasteiger partial charge in [0.15, 0.2) is 5.82 Å². The highest BCUT2D eigenvalue weighted by atomic mass is 35.5. The topological polar surface area (TPSA) is 44.9 Å². The van der Waals surface area contributed by atoms with E-state index in [0.29, 0.717) is 17.9 Å². The van der Waals surface area contributed by atoms with Crippen molar-refractivity contribution in [3.63, 3.8) is 0 Å². The molecule has 2 atom stereocenters. The van der Waals surface area contributed by atoms with Crippen molar-refractivity contribution in [1.82, 2.24) is 9.55 Å². The number of hydrogen-bond acceptors (Lipinski definition) is 3. The standard InChI is InChI=1S/C21H17ClN4/c22-18-5-1-3-16(13-18)6-7-19-8-9-20-15-25(11-12-26(19)20)21-17(14-23)4-2-10-24-21/h1-4,8-12,16,18H,5,13,15H2. The number of nitrogens with zero attached hydrogens (tertiary/aromatic N) is 4. The Hall–Kier alpha value is -2.95. The Balaban J connectivity index is 1.57. The van der Waals surface area contributed by atoms with Crippen molar-refractivity contribution in [3.8, 4) is 17.9 Å². The first-order valence-electron chi connectivity index (χ1n) is 8.57. The zero-order chi connectivity index (χ0) is 17.9. The van der Waals surface area contributed by atoms with Gasteiger partial charge in [-0.25, -0.2) is 4.98 Å². The van der Waals surface area contributed by atoms with Gasteiger partial charge in [0, 0.05) is 35.6 Å². The summed E-state index contributed by atoms with van der Waals surface area (Å²) in [6, 6.07) is 9.85. The molecule has 2 aliphatic rings. The third-order valence-electron chi connectivity index (χ3n) is 4.57. The van der Waals surface area contributed by atoms with Crippen molar-refractivity contribution >= 4 is 23.6 Å². The van der Waals surface area contributed by atoms with Crippen LogP contribution >= 0.6 is 11.6 Å². The summed E-state index contributed by atoms with van der Waals surface area (Å²) < 4.78 is 2.09. The van der Waals surface area contributed by atoms with Crippen molar-refractivity contribution in [2.24, 2.45) is 5.92 Å². The number of nitriles is 1. The maximum Gasteiger partial charge on any atom is 0.150 e. The summed E-state index contributed by atoms with van der Waals surface area (Å²) in [7, 11) is 0. The van der Waals surface area contributed by atoms with E-state index in [2.05, 4.69) is 45.7 Å². The van der Waals surface area contributed by atoms with Crippen LogP contribution in [0.3, 0.4) is 0 Å². The van der Waals surface area contributed by atoms with E-state index in [9.17, 15) is 5.26 Å². The average molecular weight is 361 g/mol. The van der Waals surface area contributed by atoms with Crippen LogP contribution in [-0.4, -0.2) is 14.9 Å². The molecule has 4 nitrogen and oxygen atoms in total. The van der Waals surface area contributed by atoms with Gasteiger partial charge < -0.3 is 9.47 Å². The van der Waals surface area contributed by atoms with Crippen LogP contribution < -0.4 is 4.90 Å². The Kier molecular flexibility index (Phi) is 4.52. The third kappa shape index (κ3) is 3.25. The maximum atomic E-state index is 9.28. The van der Waals surface area contributed by atoms with E-state index < -0.39 is 0 Å². The zero-order valence-electron chi connectivity index (χ0n) is 14.1. The summed E-state index contributed by atoms with van der Waals surface area (Å²) in [4.78, 5) is 6.33. The Morgan fingerprint density at radius 2 is 2.15 bits per heavy atom. The first kappa shape index (κ1) is 16.5. The number of aromatic nitrogens is 2. The van der Waals surface area contributed by atoms with E-state index in [0.717, 1.165) is 24.2 Å². The van der Waals surface area contributed by atoms with Crippen LogP contribution in [0.1, 0.15) is 29.8 Å². The van der Waals surface area contributed by atoms with E-state index in [1.54, 1.807) is 18.3 Å². The summed E-state index contributed by atoms with van der Waals surface area (Å²) in [6.07, 6.45) is 11.7. The normalized spacial score (nSPS) is 20.8. The maximum absolute atomic E-state index is 9.28. The highest BCUT2D eigenvalue weighted by Gasteiger charge is 2.18. The predicted octanol–water partition coefficient (Wildman–Crippen LogP) is 4.13. The number of halogens is 1. The van der Waals surface area contributed by atoms with Gasteiger partial charge in [-0.2, -0.15) is 5.26 Å². The van der Waals surface area contributed by atoms with Gasteiger partial charge in [0.25, 0.3) is 0 Å². The van der Waals surface area contributed by atoms with Crippen molar-refractivity contribution in [2.45, 2.75) is 24.8 Å². The highest BCUT2D eigenvalue weighted by molar-refractivity contribution is 6.20. The fourth-order valence-corrected chi connectivity index (χ4v) is 3.54. The minimum Gasteiger partial charge on any atom is -0.325 e. The number of rotatable bonds is 1. The fourth-order valence-electron chi connectivity index (χ4n) is 3.24. The predicted molar refractivity (Wildman–Crippen MR) is 103 cm³/mol. The monoisotopic (exact) mass is 360 g/mol. The SMILES string of the molecule is N#Cc1cccnc1N1C=Cn2c(C#CC3C=CCC(Cl)C3)ccc2C1. The number of hydrogen-bond donors (Lipinski definition) is 0. The second-order valence-electron chi connectivity index (χ2n) is 6.36. The third-order valence-corrected chi connectivity index (χ3v) is 4.92. The summed E-state index contributed by atoms with van der Waals surface area (Å²) in [6.45, 7) is 0.650. The molecule has 2 aromatic rings. The van der Waals surface area contributed by atoms with Crippen molar-refractivity contribution in [2.75, 3.05) is 4.90 Å². The summed E-state index contributed by atoms with van der Waals surface area (Å²) >= 11 is 6.22. The fraction of sp³-hybridized carbons (Fsp3) is 0.238. The molecule has 0 fully saturated rings. The van der Waals surface area contributed by atoms with Gasteiger partial charge in [0.2, 0.25) is 0 Å². The van der Waals surface area contributed by atoms with E-state index in [1.165, 1.54) is 0 Å². The highest BCUT2D eigenvalue weighted by Crippen LogP contribution is 2.25. The van der Waals surface area contributed by atoms with Crippen molar-refractivity contribution < 1.29 is 0 Å². The molecule has 1 aliphatic carbocycles. The molecule has 1 aliphatic heterocycles. The molecule has 0 radical (unpaired) electrons. The van der Waals surface area contributed by atoms with E-state index in [4.69, 9.17) is 11.6 Å². The molecule has 0 aromatic carbocycles. The summed E-state index contributed by atoms with van der Waals surface area (Å²) in [5.74, 6) is 7.50. The van der Waals surface area contributed by atoms with Crippen molar-refractivity contribution in [3.05, 3.63) is 65.8 Å². The largest absolute Gasteiger partial charge is 0.325 e. The first-order valence-corrected chi connectivity index (χ1v) is 9.00. The number of fused-ring (bicyclic) bond motifs is 1. The second-order valence-corrected chi connectivity index (χ2v) is 6.98. The van der Waals surface area contributed by atoms with Gasteiger partial charge in [0.05, 0.1) is 17.8 Å². The molecule has 0 N–H and O–H groups in total. The Labute approximate surface area is 158 Å². The van der Waals surface area contributed by atoms with E-state index in [-0.39, 0.29) is 11.3 Å². The van der Waals surface area contributed by atoms with Gasteiger partial charge in [0.1, 0.15) is 6.07 Å². The molecular formula is C21H17ClN4. The second kappa shape index (κ2) is 7.12. The summed E-state index contributed by atoms with van der Waals surface area (Å²) in [5.41, 5.74) is 2.64. The Morgan fingerprint density at radius 3 is 3.00 bits per heavy atom. The van der Waals surface area contributed by atoms with Crippen LogP contribution in [0.25, 0.3) is 6.20 Å². The molecule has 0 bridgehead atoms. The molecule has 128 valence electrons. The van der Waals surface area contributed by atoms with Crippen LogP contribution in [-0.2, 0) is 6.54 Å². The molecule has 2 aromatic heterocycles. The summed E-state index contributed by atoms with van der Waals surface area (Å²) in [5, 5.41) is 9.46. The lowest BCUT2D eigenvalue weighted by Crippen LogP contribution is -2.23. The van der Waals surface area contributed by atoms with E-state index >= 15 is 0 Å². The molecular weight excluding hydrogens is 344 g/mol. The molecule has 0 spiro atoms. The number of allylic oxidation sites excluding steroid dienone is 2. The minimum absolute atomic E-state index is 0.182. The van der Waals surface area contributed by atoms with Crippen LogP contribution in [0, 0.1) is 29.1 Å². The van der Waals surface area contributed by atoms with Crippen LogP contribution in [0.15, 0.2) is 48.8 Å². The average Bonchev–Trinajstić information content (AvgIpc) is 3.08. The number of pyridine rings is 1. The van der Waals surface area contributed by atoms with Crippen LogP contribution in [0.4, 0.5) is 5.82 Å². The molecule has 2 unspecified atom stereocenters. The van der Waals surface area contributed by atoms with Gasteiger partial charge in [-0.1, -0.05) is 18.1 Å². The van der Waals surface area contributed by atoms with Gasteiger partial charge in [-0.15, -0.1) is 11.6 Å². The zero-order valence-corrected chi connectivity index (χ0v) is 14.9. The Morgan fingerprint density at radius 1 is 1.23 bits per heavy atom. The molecule has 3 heterocycles. The number of anilines is 1. The molecule has 4 rings (SSSR count). The lowest BCUT2D eigenvalue weighted by atomic mass is 9.96. The van der Waals surface area contributed by atoms with Gasteiger partial charge in [-0.05, 0) is 43.0 Å².